The highest BCUT2D eigenvalue weighted by atomic mass is 16.7. The molecule has 0 aliphatic carbocycles. The van der Waals surface area contributed by atoms with Gasteiger partial charge in [-0.2, -0.15) is 0 Å². The lowest BCUT2D eigenvalue weighted by Gasteiger charge is -2.41. The Bertz CT molecular complexity index is 784. The Morgan fingerprint density at radius 2 is 1.78 bits per heavy atom. The van der Waals surface area contributed by atoms with Crippen molar-refractivity contribution in [2.45, 2.75) is 31.8 Å². The first-order valence-electron chi connectivity index (χ1n) is 8.71. The van der Waals surface area contributed by atoms with Gasteiger partial charge < -0.3 is 23.7 Å². The van der Waals surface area contributed by atoms with Gasteiger partial charge in [-0.3, -0.25) is 4.79 Å². The van der Waals surface area contributed by atoms with Crippen LogP contribution in [0.25, 0.3) is 0 Å². The lowest BCUT2D eigenvalue weighted by molar-refractivity contribution is -0.302. The molecular formula is C21H24O6. The van der Waals surface area contributed by atoms with Gasteiger partial charge in [0.15, 0.2) is 23.4 Å². The molecule has 27 heavy (non-hydrogen) atoms. The zero-order valence-corrected chi connectivity index (χ0v) is 15.9. The highest BCUT2D eigenvalue weighted by Gasteiger charge is 2.39. The van der Waals surface area contributed by atoms with Crippen molar-refractivity contribution in [3.8, 4) is 17.2 Å². The molecule has 3 rings (SSSR count). The van der Waals surface area contributed by atoms with E-state index in [1.165, 1.54) is 7.11 Å². The molecule has 0 saturated carbocycles. The molecular weight excluding hydrogens is 348 g/mol. The van der Waals surface area contributed by atoms with E-state index in [1.807, 2.05) is 38.1 Å². The molecule has 0 unspecified atom stereocenters. The molecule has 0 bridgehead atoms. The summed E-state index contributed by atoms with van der Waals surface area (Å²) in [6.07, 6.45) is 0.0412. The zero-order chi connectivity index (χ0) is 19.4. The number of hydrogen-bond donors (Lipinski definition) is 0. The van der Waals surface area contributed by atoms with Crippen LogP contribution in [0, 0.1) is 0 Å². The van der Waals surface area contributed by atoms with E-state index in [0.29, 0.717) is 23.7 Å². The summed E-state index contributed by atoms with van der Waals surface area (Å²) in [6.45, 7) is 4.10. The standard InChI is InChI=1S/C21H24O6/c1-21(2)25-13-19(20(27-21)15-6-8-16(23-3)9-7-15)26-17-10-5-14(12-22)11-18(17)24-4/h5-12,19-20H,13H2,1-4H3/t19-,20+/m1/s1. The molecule has 0 spiro atoms. The van der Waals surface area contributed by atoms with Gasteiger partial charge in [0.25, 0.3) is 0 Å². The zero-order valence-electron chi connectivity index (χ0n) is 15.9. The monoisotopic (exact) mass is 372 g/mol. The third-order valence-corrected chi connectivity index (χ3v) is 4.39. The maximum absolute atomic E-state index is 11.0. The largest absolute Gasteiger partial charge is 0.497 e. The van der Waals surface area contributed by atoms with Crippen LogP contribution in [0.5, 0.6) is 17.2 Å². The van der Waals surface area contributed by atoms with Crippen LogP contribution >= 0.6 is 0 Å². The summed E-state index contributed by atoms with van der Waals surface area (Å²) < 4.78 is 28.7. The topological polar surface area (TPSA) is 63.2 Å². The molecule has 6 nitrogen and oxygen atoms in total. The van der Waals surface area contributed by atoms with Crippen LogP contribution in [0.15, 0.2) is 42.5 Å². The summed E-state index contributed by atoms with van der Waals surface area (Å²) in [6, 6.07) is 12.7. The van der Waals surface area contributed by atoms with Gasteiger partial charge in [-0.25, -0.2) is 0 Å². The number of carbonyl (C=O) groups is 1. The first-order valence-corrected chi connectivity index (χ1v) is 8.71. The van der Waals surface area contributed by atoms with E-state index >= 15 is 0 Å². The minimum Gasteiger partial charge on any atom is -0.497 e. The average Bonchev–Trinajstić information content (AvgIpc) is 2.69. The van der Waals surface area contributed by atoms with E-state index in [9.17, 15) is 4.79 Å². The van der Waals surface area contributed by atoms with Gasteiger partial charge in [-0.15, -0.1) is 0 Å². The van der Waals surface area contributed by atoms with E-state index in [4.69, 9.17) is 23.7 Å². The molecule has 2 aromatic rings. The van der Waals surface area contributed by atoms with Gasteiger partial charge in [0.05, 0.1) is 20.8 Å². The van der Waals surface area contributed by atoms with Crippen LogP contribution in [0.4, 0.5) is 0 Å². The first kappa shape index (κ1) is 19.2. The van der Waals surface area contributed by atoms with Crippen LogP contribution in [0.3, 0.4) is 0 Å². The van der Waals surface area contributed by atoms with Crippen molar-refractivity contribution < 1.29 is 28.5 Å². The van der Waals surface area contributed by atoms with E-state index in [1.54, 1.807) is 25.3 Å². The Kier molecular flexibility index (Phi) is 5.68. The summed E-state index contributed by atoms with van der Waals surface area (Å²) >= 11 is 0. The fourth-order valence-electron chi connectivity index (χ4n) is 2.98. The Hall–Kier alpha value is -2.57. The summed E-state index contributed by atoms with van der Waals surface area (Å²) in [5.41, 5.74) is 1.48. The maximum atomic E-state index is 11.0. The lowest BCUT2D eigenvalue weighted by Crippen LogP contribution is -2.46. The fourth-order valence-corrected chi connectivity index (χ4v) is 2.98. The summed E-state index contributed by atoms with van der Waals surface area (Å²) in [7, 11) is 3.17. The number of rotatable bonds is 6. The second-order valence-corrected chi connectivity index (χ2v) is 6.71. The predicted molar refractivity (Wildman–Crippen MR) is 99.6 cm³/mol. The molecule has 0 N–H and O–H groups in total. The Labute approximate surface area is 158 Å². The van der Waals surface area contributed by atoms with Crippen molar-refractivity contribution in [3.63, 3.8) is 0 Å². The summed E-state index contributed by atoms with van der Waals surface area (Å²) in [4.78, 5) is 11.0. The molecule has 6 heteroatoms. The van der Waals surface area contributed by atoms with Gasteiger partial charge in [-0.1, -0.05) is 12.1 Å². The molecule has 2 aromatic carbocycles. The second-order valence-electron chi connectivity index (χ2n) is 6.71. The van der Waals surface area contributed by atoms with Crippen LogP contribution in [-0.4, -0.2) is 39.0 Å². The first-order chi connectivity index (χ1) is 13.0. The number of carbonyl (C=O) groups excluding carboxylic acids is 1. The molecule has 1 heterocycles. The molecule has 2 atom stereocenters. The molecule has 0 aromatic heterocycles. The number of methoxy groups -OCH3 is 2. The van der Waals surface area contributed by atoms with Gasteiger partial charge in [0, 0.05) is 5.56 Å². The minimum absolute atomic E-state index is 0.338. The predicted octanol–water partition coefficient (Wildman–Crippen LogP) is 3.79. The number of aldehydes is 1. The van der Waals surface area contributed by atoms with Crippen LogP contribution in [0.2, 0.25) is 0 Å². The Morgan fingerprint density at radius 1 is 1.04 bits per heavy atom. The number of benzene rings is 2. The maximum Gasteiger partial charge on any atom is 0.163 e. The van der Waals surface area contributed by atoms with E-state index < -0.39 is 5.79 Å². The number of hydrogen-bond acceptors (Lipinski definition) is 6. The van der Waals surface area contributed by atoms with Gasteiger partial charge in [0.1, 0.15) is 18.1 Å². The molecule has 144 valence electrons. The summed E-state index contributed by atoms with van der Waals surface area (Å²) in [5, 5.41) is 0. The third-order valence-electron chi connectivity index (χ3n) is 4.39. The minimum atomic E-state index is -0.726. The van der Waals surface area contributed by atoms with Crippen molar-refractivity contribution in [2.75, 3.05) is 20.8 Å². The molecule has 1 aliphatic rings. The normalized spacial score (nSPS) is 21.3. The van der Waals surface area contributed by atoms with Crippen molar-refractivity contribution >= 4 is 6.29 Å². The molecule has 1 saturated heterocycles. The van der Waals surface area contributed by atoms with Gasteiger partial charge >= 0.3 is 0 Å². The van der Waals surface area contributed by atoms with Crippen molar-refractivity contribution in [3.05, 3.63) is 53.6 Å². The van der Waals surface area contributed by atoms with E-state index in [0.717, 1.165) is 17.6 Å². The van der Waals surface area contributed by atoms with Crippen molar-refractivity contribution in [1.82, 2.24) is 0 Å². The Balaban J connectivity index is 1.88. The second kappa shape index (κ2) is 7.98. The van der Waals surface area contributed by atoms with Crippen LogP contribution in [-0.2, 0) is 9.47 Å². The Morgan fingerprint density at radius 3 is 2.41 bits per heavy atom. The highest BCUT2D eigenvalue weighted by Crippen LogP contribution is 2.38. The third kappa shape index (κ3) is 4.40. The lowest BCUT2D eigenvalue weighted by atomic mass is 10.0. The summed E-state index contributed by atoms with van der Waals surface area (Å²) in [5.74, 6) is 1.06. The van der Waals surface area contributed by atoms with Crippen LogP contribution < -0.4 is 14.2 Å². The molecule has 1 aliphatic heterocycles. The molecule has 1 fully saturated rings. The van der Waals surface area contributed by atoms with Gasteiger partial charge in [0.2, 0.25) is 0 Å². The highest BCUT2D eigenvalue weighted by molar-refractivity contribution is 5.76. The average molecular weight is 372 g/mol. The van der Waals surface area contributed by atoms with Crippen LogP contribution in [0.1, 0.15) is 35.9 Å². The number of ether oxygens (including phenoxy) is 5. The molecule has 0 amide bonds. The van der Waals surface area contributed by atoms with Crippen molar-refractivity contribution in [2.24, 2.45) is 0 Å². The molecule has 0 radical (unpaired) electrons. The van der Waals surface area contributed by atoms with E-state index in [2.05, 4.69) is 0 Å². The fraction of sp³-hybridized carbons (Fsp3) is 0.381. The SMILES string of the molecule is COc1ccc([C@@H]2OC(C)(C)OC[C@H]2Oc2ccc(C=O)cc2OC)cc1. The van der Waals surface area contributed by atoms with Gasteiger partial charge in [-0.05, 0) is 49.7 Å². The van der Waals surface area contributed by atoms with Crippen molar-refractivity contribution in [1.29, 1.82) is 0 Å². The van der Waals surface area contributed by atoms with E-state index in [-0.39, 0.29) is 12.2 Å². The smallest absolute Gasteiger partial charge is 0.163 e. The quantitative estimate of drug-likeness (QED) is 0.719.